The molecule has 0 spiro atoms. The molecule has 4 nitrogen and oxygen atoms in total. The highest BCUT2D eigenvalue weighted by atomic mass is 35.5. The van der Waals surface area contributed by atoms with Crippen LogP contribution in [0.25, 0.3) is 0 Å². The summed E-state index contributed by atoms with van der Waals surface area (Å²) in [6, 6.07) is 12.9. The van der Waals surface area contributed by atoms with Crippen LogP contribution in [0.3, 0.4) is 0 Å². The van der Waals surface area contributed by atoms with Crippen molar-refractivity contribution in [1.29, 1.82) is 0 Å². The van der Waals surface area contributed by atoms with E-state index in [0.717, 1.165) is 11.8 Å². The van der Waals surface area contributed by atoms with Crippen molar-refractivity contribution in [1.82, 2.24) is 5.32 Å². The van der Waals surface area contributed by atoms with E-state index in [1.54, 1.807) is 24.3 Å². The lowest BCUT2D eigenvalue weighted by molar-refractivity contribution is 0.0939. The third kappa shape index (κ3) is 4.08. The first-order valence-electron chi connectivity index (χ1n) is 6.64. The Morgan fingerprint density at radius 2 is 1.82 bits per heavy atom. The number of hydrogen-bond donors (Lipinski definition) is 1. The Morgan fingerprint density at radius 3 is 2.45 bits per heavy atom. The lowest BCUT2D eigenvalue weighted by Gasteiger charge is -2.15. The third-order valence-corrected chi connectivity index (χ3v) is 4.57. The minimum Gasteiger partial charge on any atom is -0.346 e. The zero-order valence-electron chi connectivity index (χ0n) is 12.2. The van der Waals surface area contributed by atoms with Gasteiger partial charge in [-0.1, -0.05) is 29.8 Å². The molecule has 1 atom stereocenters. The molecule has 0 aliphatic rings. The van der Waals surface area contributed by atoms with Crippen molar-refractivity contribution < 1.29 is 13.2 Å². The van der Waals surface area contributed by atoms with Crippen LogP contribution in [0, 0.1) is 0 Å². The van der Waals surface area contributed by atoms with Gasteiger partial charge in [-0.25, -0.2) is 8.42 Å². The smallest absolute Gasteiger partial charge is 0.251 e. The summed E-state index contributed by atoms with van der Waals surface area (Å²) in [6.45, 7) is 1.84. The fourth-order valence-electron chi connectivity index (χ4n) is 2.01. The van der Waals surface area contributed by atoms with E-state index in [0.29, 0.717) is 10.6 Å². The van der Waals surface area contributed by atoms with Crippen molar-refractivity contribution in [3.8, 4) is 0 Å². The number of rotatable bonds is 4. The van der Waals surface area contributed by atoms with E-state index in [1.807, 2.05) is 19.1 Å². The zero-order valence-corrected chi connectivity index (χ0v) is 13.8. The molecule has 2 aromatic rings. The second-order valence-corrected chi connectivity index (χ2v) is 7.50. The standard InChI is InChI=1S/C16H16ClNO3S/c1-11(12-5-3-7-14(17)9-12)18-16(19)13-6-4-8-15(10-13)22(2,20)21/h3-11H,1-2H3,(H,18,19). The summed E-state index contributed by atoms with van der Waals surface area (Å²) in [5, 5.41) is 3.42. The van der Waals surface area contributed by atoms with Gasteiger partial charge in [0.05, 0.1) is 10.9 Å². The minimum absolute atomic E-state index is 0.121. The van der Waals surface area contributed by atoms with E-state index >= 15 is 0 Å². The minimum atomic E-state index is -3.34. The van der Waals surface area contributed by atoms with Crippen LogP contribution < -0.4 is 5.32 Å². The highest BCUT2D eigenvalue weighted by Crippen LogP contribution is 2.18. The van der Waals surface area contributed by atoms with Gasteiger partial charge in [0.2, 0.25) is 0 Å². The molecule has 6 heteroatoms. The molecule has 2 aromatic carbocycles. The van der Waals surface area contributed by atoms with Crippen LogP contribution in [0.2, 0.25) is 5.02 Å². The quantitative estimate of drug-likeness (QED) is 0.931. The number of sulfone groups is 1. The van der Waals surface area contributed by atoms with Crippen molar-refractivity contribution in [3.05, 3.63) is 64.7 Å². The van der Waals surface area contributed by atoms with Gasteiger partial charge < -0.3 is 5.32 Å². The summed E-state index contributed by atoms with van der Waals surface area (Å²) < 4.78 is 23.1. The van der Waals surface area contributed by atoms with E-state index in [4.69, 9.17) is 11.6 Å². The normalized spacial score (nSPS) is 12.7. The van der Waals surface area contributed by atoms with E-state index in [1.165, 1.54) is 12.1 Å². The van der Waals surface area contributed by atoms with Crippen molar-refractivity contribution in [3.63, 3.8) is 0 Å². The molecule has 0 saturated carbocycles. The van der Waals surface area contributed by atoms with Crippen LogP contribution in [0.1, 0.15) is 28.9 Å². The van der Waals surface area contributed by atoms with Gasteiger partial charge in [-0.15, -0.1) is 0 Å². The van der Waals surface area contributed by atoms with Crippen LogP contribution in [0.5, 0.6) is 0 Å². The Bertz CT molecular complexity index is 803. The predicted molar refractivity (Wildman–Crippen MR) is 86.9 cm³/mol. The Hall–Kier alpha value is -1.85. The molecule has 0 aromatic heterocycles. The molecule has 0 aliphatic carbocycles. The second-order valence-electron chi connectivity index (χ2n) is 5.05. The van der Waals surface area contributed by atoms with Gasteiger partial charge in [0.1, 0.15) is 0 Å². The summed E-state index contributed by atoms with van der Waals surface area (Å²) in [5.74, 6) is -0.335. The highest BCUT2D eigenvalue weighted by molar-refractivity contribution is 7.90. The largest absolute Gasteiger partial charge is 0.346 e. The molecule has 1 N–H and O–H groups in total. The maximum Gasteiger partial charge on any atom is 0.251 e. The van der Waals surface area contributed by atoms with Crippen LogP contribution in [0.4, 0.5) is 0 Å². The SMILES string of the molecule is CC(NC(=O)c1cccc(S(C)(=O)=O)c1)c1cccc(Cl)c1. The number of amides is 1. The molecule has 0 radical (unpaired) electrons. The zero-order chi connectivity index (χ0) is 16.3. The first-order valence-corrected chi connectivity index (χ1v) is 8.91. The van der Waals surface area contributed by atoms with Gasteiger partial charge in [-0.2, -0.15) is 0 Å². The molecule has 1 unspecified atom stereocenters. The number of carbonyl (C=O) groups is 1. The summed E-state index contributed by atoms with van der Waals surface area (Å²) in [5.41, 5.74) is 1.18. The number of hydrogen-bond acceptors (Lipinski definition) is 3. The van der Waals surface area contributed by atoms with Crippen LogP contribution in [-0.4, -0.2) is 20.6 Å². The van der Waals surface area contributed by atoms with E-state index in [-0.39, 0.29) is 16.8 Å². The van der Waals surface area contributed by atoms with Gasteiger partial charge in [0, 0.05) is 16.8 Å². The number of benzene rings is 2. The first-order chi connectivity index (χ1) is 10.3. The summed E-state index contributed by atoms with van der Waals surface area (Å²) >= 11 is 5.93. The molecular weight excluding hydrogens is 322 g/mol. The maximum atomic E-state index is 12.3. The fraction of sp³-hybridized carbons (Fsp3) is 0.188. The number of carbonyl (C=O) groups excluding carboxylic acids is 1. The van der Waals surface area contributed by atoms with Crippen LogP contribution >= 0.6 is 11.6 Å². The lowest BCUT2D eigenvalue weighted by atomic mass is 10.1. The maximum absolute atomic E-state index is 12.3. The van der Waals surface area contributed by atoms with Crippen LogP contribution in [-0.2, 0) is 9.84 Å². The predicted octanol–water partition coefficient (Wildman–Crippen LogP) is 3.23. The van der Waals surface area contributed by atoms with Gasteiger partial charge in [-0.3, -0.25) is 4.79 Å². The van der Waals surface area contributed by atoms with E-state index in [2.05, 4.69) is 5.32 Å². The molecule has 0 saturated heterocycles. The van der Waals surface area contributed by atoms with Crippen LogP contribution in [0.15, 0.2) is 53.4 Å². The van der Waals surface area contributed by atoms with Gasteiger partial charge in [-0.05, 0) is 42.8 Å². The van der Waals surface area contributed by atoms with Crippen molar-refractivity contribution >= 4 is 27.3 Å². The Kier molecular flexibility index (Phi) is 4.88. The molecule has 0 heterocycles. The molecular formula is C16H16ClNO3S. The average molecular weight is 338 g/mol. The van der Waals surface area contributed by atoms with Gasteiger partial charge in [0.15, 0.2) is 9.84 Å². The first kappa shape index (κ1) is 16.5. The third-order valence-electron chi connectivity index (χ3n) is 3.22. The summed E-state index contributed by atoms with van der Waals surface area (Å²) in [4.78, 5) is 12.4. The van der Waals surface area contributed by atoms with Crippen molar-refractivity contribution in [2.45, 2.75) is 17.9 Å². The van der Waals surface area contributed by atoms with Gasteiger partial charge in [0.25, 0.3) is 5.91 Å². The van der Waals surface area contributed by atoms with Crippen molar-refractivity contribution in [2.75, 3.05) is 6.26 Å². The summed E-state index contributed by atoms with van der Waals surface area (Å²) in [7, 11) is -3.34. The topological polar surface area (TPSA) is 63.2 Å². The summed E-state index contributed by atoms with van der Waals surface area (Å²) in [6.07, 6.45) is 1.11. The van der Waals surface area contributed by atoms with E-state index < -0.39 is 9.84 Å². The van der Waals surface area contributed by atoms with Crippen molar-refractivity contribution in [2.24, 2.45) is 0 Å². The Balaban J connectivity index is 2.19. The number of halogens is 1. The molecule has 0 fully saturated rings. The molecule has 0 aliphatic heterocycles. The molecule has 0 bridgehead atoms. The van der Waals surface area contributed by atoms with Gasteiger partial charge >= 0.3 is 0 Å². The Morgan fingerprint density at radius 1 is 1.14 bits per heavy atom. The lowest BCUT2D eigenvalue weighted by Crippen LogP contribution is -2.26. The fourth-order valence-corrected chi connectivity index (χ4v) is 2.87. The molecule has 1 amide bonds. The highest BCUT2D eigenvalue weighted by Gasteiger charge is 2.14. The van der Waals surface area contributed by atoms with E-state index in [9.17, 15) is 13.2 Å². The Labute approximate surface area is 135 Å². The molecule has 116 valence electrons. The number of nitrogens with one attached hydrogen (secondary N) is 1. The average Bonchev–Trinajstić information content (AvgIpc) is 2.46. The molecule has 2 rings (SSSR count). The molecule has 22 heavy (non-hydrogen) atoms. The monoisotopic (exact) mass is 337 g/mol. The second kappa shape index (κ2) is 6.50.